The fourth-order valence-electron chi connectivity index (χ4n) is 8.93. The van der Waals surface area contributed by atoms with Gasteiger partial charge in [0.15, 0.2) is 5.69 Å². The van der Waals surface area contributed by atoms with Gasteiger partial charge in [-0.05, 0) is 119 Å². The summed E-state index contributed by atoms with van der Waals surface area (Å²) in [6.07, 6.45) is 2.80. The lowest BCUT2D eigenvalue weighted by atomic mass is 9.98. The Labute approximate surface area is 352 Å². The molecule has 0 spiro atoms. The first-order chi connectivity index (χ1) is 28.2. The number of nitrogens with zero attached hydrogens (tertiary/aromatic N) is 6. The zero-order chi connectivity index (χ0) is 42.0. The number of carbonyl (C=O) groups is 2. The number of ether oxygens (including phenoxy) is 2. The third kappa shape index (κ3) is 6.70. The number of halogens is 2. The molecule has 1 aliphatic rings. The molecule has 0 fully saturated rings. The standard InChI is InChI=1S/C46H46Cl2N6O5/c1-24-16-17-49-30(19-24)23-52-35-12-9-13-36(58-8)39(35)43(44(52)46(56)57)53-22-27(4)54-41-33(14-15-34(47)38(41)37-28(5)50-51(7)29(37)6)32(42(54)45(53)55)11-10-18-59-31-20-25(2)40(48)26(3)21-31/h9,12-17,19-21,27H,10-11,18,22-23H2,1-8H3,(H,56,57)/t27-/m1/s1. The van der Waals surface area contributed by atoms with Crippen LogP contribution in [0.25, 0.3) is 32.9 Å². The summed E-state index contributed by atoms with van der Waals surface area (Å²) >= 11 is 13.6. The second-order valence-corrected chi connectivity index (χ2v) is 16.3. The van der Waals surface area contributed by atoms with Crippen molar-refractivity contribution in [2.75, 3.05) is 25.2 Å². The number of carboxylic acid groups (broad SMARTS) is 1. The first-order valence-corrected chi connectivity index (χ1v) is 20.4. The van der Waals surface area contributed by atoms with Crippen molar-refractivity contribution in [3.63, 3.8) is 0 Å². The number of anilines is 1. The lowest BCUT2D eigenvalue weighted by Gasteiger charge is -2.34. The fourth-order valence-corrected chi connectivity index (χ4v) is 9.29. The van der Waals surface area contributed by atoms with Crippen LogP contribution in [0, 0.1) is 34.6 Å². The van der Waals surface area contributed by atoms with Gasteiger partial charge in [-0.25, -0.2) is 4.79 Å². The van der Waals surface area contributed by atoms with E-state index in [1.807, 2.05) is 94.9 Å². The number of pyridine rings is 1. The van der Waals surface area contributed by atoms with Gasteiger partial charge in [-0.15, -0.1) is 0 Å². The molecule has 1 amide bonds. The molecule has 13 heteroatoms. The largest absolute Gasteiger partial charge is 0.496 e. The molecule has 59 heavy (non-hydrogen) atoms. The molecule has 0 bridgehead atoms. The molecule has 304 valence electrons. The highest BCUT2D eigenvalue weighted by Gasteiger charge is 2.40. The predicted octanol–water partition coefficient (Wildman–Crippen LogP) is 10.2. The summed E-state index contributed by atoms with van der Waals surface area (Å²) in [6, 6.07) is 16.8. The predicted molar refractivity (Wildman–Crippen MR) is 233 cm³/mol. The van der Waals surface area contributed by atoms with E-state index in [0.29, 0.717) is 57.5 Å². The Morgan fingerprint density at radius 1 is 1.00 bits per heavy atom. The molecule has 11 nitrogen and oxygen atoms in total. The van der Waals surface area contributed by atoms with Crippen LogP contribution in [0.4, 0.5) is 5.69 Å². The van der Waals surface area contributed by atoms with E-state index in [1.165, 1.54) is 0 Å². The van der Waals surface area contributed by atoms with Gasteiger partial charge in [0.2, 0.25) is 0 Å². The maximum absolute atomic E-state index is 15.6. The quantitative estimate of drug-likeness (QED) is 0.129. The molecule has 1 atom stereocenters. The topological polar surface area (TPSA) is 117 Å². The lowest BCUT2D eigenvalue weighted by Crippen LogP contribution is -2.43. The SMILES string of the molecule is COc1cccc2c1c(N1C[C@@H](C)n3c(c(CCCOc4cc(C)c(Cl)c(C)c4)c4ccc(Cl)c(-c5c(C)nn(C)c5C)c43)C1=O)c(C(=O)O)n2Cc1cc(C)ccn1. The highest BCUT2D eigenvalue weighted by Crippen LogP contribution is 2.47. The van der Waals surface area contributed by atoms with Crippen LogP contribution in [0.2, 0.25) is 10.0 Å². The molecule has 0 radical (unpaired) electrons. The van der Waals surface area contributed by atoms with Gasteiger partial charge in [0, 0.05) is 53.1 Å². The van der Waals surface area contributed by atoms with Crippen LogP contribution in [-0.2, 0) is 20.0 Å². The average Bonchev–Trinajstić information content (AvgIpc) is 3.79. The van der Waals surface area contributed by atoms with Gasteiger partial charge in [-0.3, -0.25) is 14.5 Å². The lowest BCUT2D eigenvalue weighted by molar-refractivity contribution is 0.0687. The molecule has 3 aromatic carbocycles. The van der Waals surface area contributed by atoms with Crippen LogP contribution in [0.5, 0.6) is 11.5 Å². The summed E-state index contributed by atoms with van der Waals surface area (Å²) in [5.74, 6) is -0.293. The van der Waals surface area contributed by atoms with Crippen LogP contribution < -0.4 is 14.4 Å². The van der Waals surface area contributed by atoms with Crippen LogP contribution >= 0.6 is 23.2 Å². The van der Waals surface area contributed by atoms with Crippen molar-refractivity contribution in [1.82, 2.24) is 23.9 Å². The Morgan fingerprint density at radius 3 is 2.41 bits per heavy atom. The van der Waals surface area contributed by atoms with E-state index in [-0.39, 0.29) is 36.4 Å². The van der Waals surface area contributed by atoms with E-state index in [1.54, 1.807) is 28.8 Å². The summed E-state index contributed by atoms with van der Waals surface area (Å²) in [5, 5.41) is 18.5. The summed E-state index contributed by atoms with van der Waals surface area (Å²) in [6.45, 7) is 12.7. The van der Waals surface area contributed by atoms with Gasteiger partial charge >= 0.3 is 5.97 Å². The maximum Gasteiger partial charge on any atom is 0.354 e. The van der Waals surface area contributed by atoms with Crippen molar-refractivity contribution >= 4 is 62.6 Å². The third-order valence-electron chi connectivity index (χ3n) is 11.6. The molecule has 5 heterocycles. The third-order valence-corrected chi connectivity index (χ3v) is 12.5. The second-order valence-electron chi connectivity index (χ2n) is 15.5. The normalized spacial score (nSPS) is 14.1. The van der Waals surface area contributed by atoms with Gasteiger partial charge in [0.1, 0.15) is 17.2 Å². The van der Waals surface area contributed by atoms with Crippen molar-refractivity contribution in [3.05, 3.63) is 122 Å². The Bertz CT molecular complexity index is 2830. The van der Waals surface area contributed by atoms with Gasteiger partial charge in [-0.1, -0.05) is 35.3 Å². The highest BCUT2D eigenvalue weighted by molar-refractivity contribution is 6.35. The number of benzene rings is 3. The highest BCUT2D eigenvalue weighted by atomic mass is 35.5. The molecule has 0 aliphatic carbocycles. The van der Waals surface area contributed by atoms with Crippen LogP contribution in [0.3, 0.4) is 0 Å². The first-order valence-electron chi connectivity index (χ1n) is 19.6. The van der Waals surface area contributed by atoms with Crippen molar-refractivity contribution in [2.45, 2.75) is 67.0 Å². The number of aryl methyl sites for hydroxylation is 6. The van der Waals surface area contributed by atoms with E-state index >= 15 is 4.79 Å². The number of aromatic nitrogens is 5. The summed E-state index contributed by atoms with van der Waals surface area (Å²) in [7, 11) is 3.46. The number of amides is 1. The zero-order valence-electron chi connectivity index (χ0n) is 34.4. The number of fused-ring (bicyclic) bond motifs is 4. The van der Waals surface area contributed by atoms with E-state index in [4.69, 9.17) is 37.8 Å². The Kier molecular flexibility index (Phi) is 10.5. The minimum absolute atomic E-state index is 0.0215. The van der Waals surface area contributed by atoms with Gasteiger partial charge in [0.05, 0.1) is 58.8 Å². The van der Waals surface area contributed by atoms with Gasteiger partial charge in [0.25, 0.3) is 5.91 Å². The molecule has 0 saturated carbocycles. The van der Waals surface area contributed by atoms with Crippen molar-refractivity contribution in [1.29, 1.82) is 0 Å². The summed E-state index contributed by atoms with van der Waals surface area (Å²) in [5.41, 5.74) is 10.1. The van der Waals surface area contributed by atoms with Crippen LogP contribution in [0.1, 0.15) is 79.7 Å². The average molecular weight is 834 g/mol. The molecule has 1 aliphatic heterocycles. The van der Waals surface area contributed by atoms with Crippen LogP contribution in [0.15, 0.2) is 60.8 Å². The molecule has 0 unspecified atom stereocenters. The zero-order valence-corrected chi connectivity index (χ0v) is 35.9. The van der Waals surface area contributed by atoms with Crippen molar-refractivity contribution in [2.24, 2.45) is 7.05 Å². The van der Waals surface area contributed by atoms with Crippen molar-refractivity contribution in [3.8, 4) is 22.6 Å². The van der Waals surface area contributed by atoms with E-state index in [2.05, 4.69) is 16.5 Å². The molecule has 4 aromatic heterocycles. The minimum Gasteiger partial charge on any atom is -0.496 e. The Morgan fingerprint density at radius 2 is 1.75 bits per heavy atom. The number of methoxy groups -OCH3 is 1. The molecule has 0 saturated heterocycles. The molecule has 1 N–H and O–H groups in total. The number of aromatic carboxylic acids is 1. The number of hydrogen-bond donors (Lipinski definition) is 1. The van der Waals surface area contributed by atoms with E-state index < -0.39 is 5.97 Å². The van der Waals surface area contributed by atoms with Crippen molar-refractivity contribution < 1.29 is 24.2 Å². The second kappa shape index (κ2) is 15.4. The summed E-state index contributed by atoms with van der Waals surface area (Å²) in [4.78, 5) is 35.3. The fraction of sp³-hybridized carbons (Fsp3) is 0.304. The number of carboxylic acids is 1. The molecular formula is C46H46Cl2N6O5. The first kappa shape index (κ1) is 40.0. The summed E-state index contributed by atoms with van der Waals surface area (Å²) < 4.78 is 17.8. The van der Waals surface area contributed by atoms with Gasteiger partial charge < -0.3 is 28.6 Å². The Balaban J connectivity index is 1.32. The smallest absolute Gasteiger partial charge is 0.354 e. The van der Waals surface area contributed by atoms with Gasteiger partial charge in [-0.2, -0.15) is 5.10 Å². The Hall–Kier alpha value is -5.78. The minimum atomic E-state index is -1.17. The molecule has 7 aromatic rings. The number of rotatable bonds is 11. The number of hydrogen-bond acceptors (Lipinski definition) is 6. The molecule has 8 rings (SSSR count). The number of carbonyl (C=O) groups excluding carboxylic acids is 1. The van der Waals surface area contributed by atoms with Crippen LogP contribution in [-0.4, -0.2) is 61.1 Å². The van der Waals surface area contributed by atoms with E-state index in [9.17, 15) is 9.90 Å². The maximum atomic E-state index is 15.6. The monoisotopic (exact) mass is 832 g/mol. The van der Waals surface area contributed by atoms with E-state index in [0.717, 1.165) is 61.4 Å². The molecular weight excluding hydrogens is 787 g/mol.